The maximum absolute atomic E-state index is 13.0. The summed E-state index contributed by atoms with van der Waals surface area (Å²) in [6.45, 7) is 1.06. The Morgan fingerprint density at radius 3 is 2.50 bits per heavy atom. The van der Waals surface area contributed by atoms with Crippen molar-refractivity contribution in [2.24, 2.45) is 0 Å². The fourth-order valence-corrected chi connectivity index (χ4v) is 3.74. The normalized spacial score (nSPS) is 13.0. The van der Waals surface area contributed by atoms with Gasteiger partial charge in [0.2, 0.25) is 5.88 Å². The molecule has 1 aliphatic carbocycles. The molecule has 5 rings (SSSR count). The molecule has 2 aromatic carbocycles. The molecule has 0 spiro atoms. The minimum absolute atomic E-state index is 0.103. The average Bonchev–Trinajstić information content (AvgIpc) is 3.59. The number of nitrogens with zero attached hydrogens (tertiary/aromatic N) is 3. The number of hydrogen-bond donors (Lipinski definition) is 1. The standard InChI is InChI=1S/C26H24N4O2/c31-26(28-16-20-13-14-27-24(15-20)32-22-9-5-2-6-10-22)23-17-29-30(25(23)21-11-12-21)18-19-7-3-1-4-8-19/h1-10,13-15,17,21H,11-12,16,18H2,(H,28,31). The van der Waals surface area contributed by atoms with Gasteiger partial charge < -0.3 is 10.1 Å². The molecule has 0 bridgehead atoms. The third kappa shape index (κ3) is 4.70. The van der Waals surface area contributed by atoms with Crippen LogP contribution in [0.15, 0.2) is 85.2 Å². The Labute approximate surface area is 186 Å². The molecule has 0 saturated heterocycles. The van der Waals surface area contributed by atoms with Crippen molar-refractivity contribution in [1.82, 2.24) is 20.1 Å². The first kappa shape index (κ1) is 20.0. The molecule has 1 amide bonds. The van der Waals surface area contributed by atoms with Crippen molar-refractivity contribution in [3.8, 4) is 11.6 Å². The van der Waals surface area contributed by atoms with Crippen LogP contribution in [-0.4, -0.2) is 20.7 Å². The van der Waals surface area contributed by atoms with Crippen molar-refractivity contribution in [3.05, 3.63) is 108 Å². The first-order chi connectivity index (χ1) is 15.8. The quantitative estimate of drug-likeness (QED) is 0.436. The van der Waals surface area contributed by atoms with Gasteiger partial charge in [0.1, 0.15) is 5.75 Å². The fourth-order valence-electron chi connectivity index (χ4n) is 3.74. The van der Waals surface area contributed by atoms with E-state index in [-0.39, 0.29) is 5.91 Å². The number of carbonyl (C=O) groups excluding carboxylic acids is 1. The van der Waals surface area contributed by atoms with Crippen molar-refractivity contribution in [2.45, 2.75) is 31.8 Å². The van der Waals surface area contributed by atoms with Gasteiger partial charge in [-0.15, -0.1) is 0 Å². The number of ether oxygens (including phenoxy) is 1. The summed E-state index contributed by atoms with van der Waals surface area (Å²) in [5.74, 6) is 1.53. The van der Waals surface area contributed by atoms with Crippen LogP contribution in [0.5, 0.6) is 11.6 Å². The zero-order valence-electron chi connectivity index (χ0n) is 17.6. The first-order valence-corrected chi connectivity index (χ1v) is 10.8. The summed E-state index contributed by atoms with van der Waals surface area (Å²) in [4.78, 5) is 17.3. The minimum atomic E-state index is -0.103. The molecule has 6 nitrogen and oxygen atoms in total. The maximum Gasteiger partial charge on any atom is 0.255 e. The maximum atomic E-state index is 13.0. The molecule has 2 heterocycles. The number of pyridine rings is 1. The van der Waals surface area contributed by atoms with E-state index >= 15 is 0 Å². The molecule has 1 aliphatic rings. The highest BCUT2D eigenvalue weighted by molar-refractivity contribution is 5.95. The van der Waals surface area contributed by atoms with Gasteiger partial charge in [-0.2, -0.15) is 5.10 Å². The second-order valence-corrected chi connectivity index (χ2v) is 7.96. The molecule has 160 valence electrons. The van der Waals surface area contributed by atoms with Gasteiger partial charge in [-0.05, 0) is 42.2 Å². The Morgan fingerprint density at radius 1 is 1.00 bits per heavy atom. The molecule has 0 atom stereocenters. The molecule has 0 aliphatic heterocycles. The summed E-state index contributed by atoms with van der Waals surface area (Å²) in [6, 6.07) is 23.4. The number of amides is 1. The van der Waals surface area contributed by atoms with Crippen LogP contribution in [0, 0.1) is 0 Å². The highest BCUT2D eigenvalue weighted by Crippen LogP contribution is 2.41. The van der Waals surface area contributed by atoms with Crippen LogP contribution in [0.4, 0.5) is 0 Å². The second-order valence-electron chi connectivity index (χ2n) is 7.96. The van der Waals surface area contributed by atoms with Gasteiger partial charge in [0, 0.05) is 24.7 Å². The third-order valence-corrected chi connectivity index (χ3v) is 5.48. The third-order valence-electron chi connectivity index (χ3n) is 5.48. The molecule has 32 heavy (non-hydrogen) atoms. The zero-order chi connectivity index (χ0) is 21.8. The number of benzene rings is 2. The van der Waals surface area contributed by atoms with Crippen LogP contribution in [0.3, 0.4) is 0 Å². The lowest BCUT2D eigenvalue weighted by atomic mass is 10.1. The Kier molecular flexibility index (Phi) is 5.66. The fraction of sp³-hybridized carbons (Fsp3) is 0.192. The highest BCUT2D eigenvalue weighted by Gasteiger charge is 2.32. The Balaban J connectivity index is 1.27. The molecule has 6 heteroatoms. The smallest absolute Gasteiger partial charge is 0.255 e. The van der Waals surface area contributed by atoms with Gasteiger partial charge in [0.05, 0.1) is 24.0 Å². The SMILES string of the molecule is O=C(NCc1ccnc(Oc2ccccc2)c1)c1cnn(Cc2ccccc2)c1C1CC1. The van der Waals surface area contributed by atoms with Crippen molar-refractivity contribution in [2.75, 3.05) is 0 Å². The number of carbonyl (C=O) groups is 1. The van der Waals surface area contributed by atoms with Gasteiger partial charge in [-0.25, -0.2) is 4.98 Å². The predicted molar refractivity (Wildman–Crippen MR) is 122 cm³/mol. The largest absolute Gasteiger partial charge is 0.439 e. The number of nitrogens with one attached hydrogen (secondary N) is 1. The summed E-state index contributed by atoms with van der Waals surface area (Å²) in [5.41, 5.74) is 3.79. The lowest BCUT2D eigenvalue weighted by Crippen LogP contribution is -2.24. The van der Waals surface area contributed by atoms with Gasteiger partial charge >= 0.3 is 0 Å². The Morgan fingerprint density at radius 2 is 1.75 bits per heavy atom. The van der Waals surface area contributed by atoms with Crippen molar-refractivity contribution in [3.63, 3.8) is 0 Å². The highest BCUT2D eigenvalue weighted by atomic mass is 16.5. The zero-order valence-corrected chi connectivity index (χ0v) is 17.6. The summed E-state index contributed by atoms with van der Waals surface area (Å²) >= 11 is 0. The number of aromatic nitrogens is 3. The van der Waals surface area contributed by atoms with Crippen LogP contribution in [-0.2, 0) is 13.1 Å². The van der Waals surface area contributed by atoms with E-state index < -0.39 is 0 Å². The first-order valence-electron chi connectivity index (χ1n) is 10.8. The van der Waals surface area contributed by atoms with Gasteiger partial charge in [-0.3, -0.25) is 9.48 Å². The minimum Gasteiger partial charge on any atom is -0.439 e. The van der Waals surface area contributed by atoms with Gasteiger partial charge in [0.25, 0.3) is 5.91 Å². The number of hydrogen-bond acceptors (Lipinski definition) is 4. The van der Waals surface area contributed by atoms with Crippen LogP contribution >= 0.6 is 0 Å². The molecule has 4 aromatic rings. The van der Waals surface area contributed by atoms with E-state index in [0.29, 0.717) is 30.5 Å². The lowest BCUT2D eigenvalue weighted by molar-refractivity contribution is 0.0949. The second kappa shape index (κ2) is 9.06. The van der Waals surface area contributed by atoms with E-state index in [4.69, 9.17) is 4.74 Å². The summed E-state index contributed by atoms with van der Waals surface area (Å²) < 4.78 is 7.76. The van der Waals surface area contributed by atoms with E-state index in [0.717, 1.165) is 29.8 Å². The summed E-state index contributed by atoms with van der Waals surface area (Å²) in [7, 11) is 0. The number of rotatable bonds is 8. The van der Waals surface area contributed by atoms with Crippen molar-refractivity contribution < 1.29 is 9.53 Å². The van der Waals surface area contributed by atoms with E-state index in [1.807, 2.05) is 65.3 Å². The predicted octanol–water partition coefficient (Wildman–Crippen LogP) is 4.93. The van der Waals surface area contributed by atoms with Crippen molar-refractivity contribution in [1.29, 1.82) is 0 Å². The lowest BCUT2D eigenvalue weighted by Gasteiger charge is -2.10. The monoisotopic (exact) mass is 424 g/mol. The average molecular weight is 425 g/mol. The molecule has 1 saturated carbocycles. The molecule has 1 fully saturated rings. The van der Waals surface area contributed by atoms with Crippen LogP contribution in [0.25, 0.3) is 0 Å². The van der Waals surface area contributed by atoms with Gasteiger partial charge in [-0.1, -0.05) is 48.5 Å². The van der Waals surface area contributed by atoms with E-state index in [1.165, 1.54) is 5.56 Å². The number of para-hydroxylation sites is 1. The summed E-state index contributed by atoms with van der Waals surface area (Å²) in [5, 5.41) is 7.57. The van der Waals surface area contributed by atoms with Gasteiger partial charge in [0.15, 0.2) is 0 Å². The Bertz CT molecular complexity index is 1200. The molecule has 0 unspecified atom stereocenters. The topological polar surface area (TPSA) is 69.0 Å². The summed E-state index contributed by atoms with van der Waals surface area (Å²) in [6.07, 6.45) is 5.59. The Hall–Kier alpha value is -3.93. The van der Waals surface area contributed by atoms with Crippen molar-refractivity contribution >= 4 is 5.91 Å². The van der Waals surface area contributed by atoms with Crippen LogP contribution in [0.1, 0.15) is 45.9 Å². The molecule has 0 radical (unpaired) electrons. The van der Waals surface area contributed by atoms with E-state index in [9.17, 15) is 4.79 Å². The molecule has 2 aromatic heterocycles. The molecular formula is C26H24N4O2. The van der Waals surface area contributed by atoms with E-state index in [2.05, 4.69) is 27.5 Å². The van der Waals surface area contributed by atoms with Crippen LogP contribution in [0.2, 0.25) is 0 Å². The van der Waals surface area contributed by atoms with Crippen LogP contribution < -0.4 is 10.1 Å². The van der Waals surface area contributed by atoms with E-state index in [1.54, 1.807) is 12.4 Å². The molecule has 1 N–H and O–H groups in total. The molecular weight excluding hydrogens is 400 g/mol.